The normalized spacial score (nSPS) is 11.0. The van der Waals surface area contributed by atoms with E-state index in [1.165, 1.54) is 4.68 Å². The minimum Gasteiger partial charge on any atom is -0.508 e. The molecule has 2 aromatic heterocycles. The molecule has 6 nitrogen and oxygen atoms in total. The van der Waals surface area contributed by atoms with E-state index in [1.54, 1.807) is 36.8 Å². The van der Waals surface area contributed by atoms with Crippen LogP contribution in [0.5, 0.6) is 5.75 Å². The molecule has 0 aliphatic heterocycles. The number of hydrogen-bond donors (Lipinski definition) is 2. The zero-order valence-corrected chi connectivity index (χ0v) is 11.7. The number of benzene rings is 1. The van der Waals surface area contributed by atoms with Crippen molar-refractivity contribution >= 4 is 18.4 Å². The van der Waals surface area contributed by atoms with Crippen LogP contribution in [-0.2, 0) is 0 Å². The van der Waals surface area contributed by atoms with Crippen molar-refractivity contribution in [3.63, 3.8) is 0 Å². The molecule has 0 unspecified atom stereocenters. The smallest absolute Gasteiger partial charge is 0.216 e. The average Bonchev–Trinajstić information content (AvgIpc) is 2.87. The van der Waals surface area contributed by atoms with E-state index < -0.39 is 0 Å². The Balaban J connectivity index is 2.00. The molecule has 3 rings (SSSR count). The lowest BCUT2D eigenvalue weighted by Crippen LogP contribution is -1.95. The molecular weight excluding hydrogens is 286 g/mol. The van der Waals surface area contributed by atoms with Gasteiger partial charge in [0.25, 0.3) is 0 Å². The molecule has 0 aliphatic carbocycles. The maximum atomic E-state index is 9.44. The van der Waals surface area contributed by atoms with Gasteiger partial charge in [-0.15, -0.1) is 0 Å². The molecule has 7 heteroatoms. The van der Waals surface area contributed by atoms with Gasteiger partial charge in [-0.05, 0) is 42.0 Å². The van der Waals surface area contributed by atoms with E-state index in [2.05, 4.69) is 20.3 Å². The highest BCUT2D eigenvalue weighted by Crippen LogP contribution is 2.15. The Labute approximate surface area is 125 Å². The van der Waals surface area contributed by atoms with E-state index in [-0.39, 0.29) is 5.75 Å². The van der Waals surface area contributed by atoms with Crippen LogP contribution < -0.4 is 0 Å². The van der Waals surface area contributed by atoms with Gasteiger partial charge in [0, 0.05) is 18.0 Å². The minimum absolute atomic E-state index is 0.183. The van der Waals surface area contributed by atoms with Gasteiger partial charge in [-0.3, -0.25) is 4.98 Å². The monoisotopic (exact) mass is 297 g/mol. The minimum atomic E-state index is 0.183. The molecule has 2 N–H and O–H groups in total. The summed E-state index contributed by atoms with van der Waals surface area (Å²) in [6.45, 7) is 0. The highest BCUT2D eigenvalue weighted by atomic mass is 32.1. The number of hydrogen-bond acceptors (Lipinski definition) is 5. The number of aromatic hydroxyl groups is 1. The highest BCUT2D eigenvalue weighted by Gasteiger charge is 2.07. The quantitative estimate of drug-likeness (QED) is 0.575. The molecule has 1 aromatic carbocycles. The molecule has 0 bridgehead atoms. The Morgan fingerprint density at radius 3 is 2.95 bits per heavy atom. The third-order valence-corrected chi connectivity index (χ3v) is 3.03. The second-order valence-corrected chi connectivity index (χ2v) is 4.63. The number of nitrogens with zero attached hydrogens (tertiary/aromatic N) is 4. The summed E-state index contributed by atoms with van der Waals surface area (Å²) in [6, 6.07) is 10.5. The van der Waals surface area contributed by atoms with E-state index in [9.17, 15) is 5.11 Å². The molecule has 0 saturated heterocycles. The predicted octanol–water partition coefficient (Wildman–Crippen LogP) is 2.59. The molecule has 0 radical (unpaired) electrons. The number of phenolic OH excluding ortho intramolecular Hbond substituents is 1. The number of pyridine rings is 1. The molecule has 0 spiro atoms. The fourth-order valence-corrected chi connectivity index (χ4v) is 1.99. The summed E-state index contributed by atoms with van der Waals surface area (Å²) in [5, 5.41) is 20.6. The van der Waals surface area contributed by atoms with Gasteiger partial charge in [-0.25, -0.2) is 5.10 Å². The molecule has 0 fully saturated rings. The van der Waals surface area contributed by atoms with Crippen molar-refractivity contribution in [3.8, 4) is 17.1 Å². The van der Waals surface area contributed by atoms with Crippen LogP contribution in [0.15, 0.2) is 53.9 Å². The fraction of sp³-hybridized carbons (Fsp3) is 0. The molecule has 0 atom stereocenters. The Kier molecular flexibility index (Phi) is 3.57. The first-order chi connectivity index (χ1) is 10.2. The van der Waals surface area contributed by atoms with E-state index in [4.69, 9.17) is 12.2 Å². The Hall–Kier alpha value is -2.80. The first-order valence-electron chi connectivity index (χ1n) is 6.15. The Morgan fingerprint density at radius 1 is 1.29 bits per heavy atom. The third-order valence-electron chi connectivity index (χ3n) is 2.76. The molecule has 0 saturated carbocycles. The standard InChI is InChI=1S/C14H11N5OS/c20-12-5-1-3-10(7-12)8-16-19-13(17-18-14(19)21)11-4-2-6-15-9-11/h1-9,20H,(H,18,21)/b16-8+. The van der Waals surface area contributed by atoms with Crippen LogP contribution in [0.2, 0.25) is 0 Å². The highest BCUT2D eigenvalue weighted by molar-refractivity contribution is 7.71. The van der Waals surface area contributed by atoms with Crippen LogP contribution in [0.25, 0.3) is 11.4 Å². The van der Waals surface area contributed by atoms with E-state index in [1.807, 2.05) is 18.2 Å². The maximum Gasteiger partial charge on any atom is 0.216 e. The van der Waals surface area contributed by atoms with Crippen molar-refractivity contribution in [2.45, 2.75) is 0 Å². The van der Waals surface area contributed by atoms with Gasteiger partial charge in [0.1, 0.15) is 5.75 Å². The fourth-order valence-electron chi connectivity index (χ4n) is 1.81. The molecule has 2 heterocycles. The van der Waals surface area contributed by atoms with Crippen LogP contribution in [-0.4, -0.2) is 31.2 Å². The summed E-state index contributed by atoms with van der Waals surface area (Å²) >= 11 is 5.18. The van der Waals surface area contributed by atoms with Crippen LogP contribution >= 0.6 is 12.2 Å². The van der Waals surface area contributed by atoms with E-state index in [0.29, 0.717) is 10.6 Å². The molecular formula is C14H11N5OS. The zero-order valence-electron chi connectivity index (χ0n) is 10.8. The number of nitrogens with one attached hydrogen (secondary N) is 1. The van der Waals surface area contributed by atoms with Crippen molar-refractivity contribution in [2.24, 2.45) is 5.10 Å². The Bertz CT molecular complexity index is 838. The first kappa shape index (κ1) is 13.2. The molecule has 21 heavy (non-hydrogen) atoms. The SMILES string of the molecule is Oc1cccc(/C=N/n2c(-c3cccnc3)n[nH]c2=S)c1. The van der Waals surface area contributed by atoms with Crippen molar-refractivity contribution in [1.82, 2.24) is 19.9 Å². The van der Waals surface area contributed by atoms with E-state index in [0.717, 1.165) is 11.1 Å². The number of rotatable bonds is 3. The van der Waals surface area contributed by atoms with Crippen molar-refractivity contribution in [2.75, 3.05) is 0 Å². The largest absolute Gasteiger partial charge is 0.508 e. The molecule has 0 aliphatic rings. The van der Waals surface area contributed by atoms with Gasteiger partial charge >= 0.3 is 0 Å². The summed E-state index contributed by atoms with van der Waals surface area (Å²) in [7, 11) is 0. The number of H-pyrrole nitrogens is 1. The third kappa shape index (κ3) is 2.87. The van der Waals surface area contributed by atoms with Gasteiger partial charge in [-0.1, -0.05) is 12.1 Å². The number of aromatic amines is 1. The number of phenols is 1. The van der Waals surface area contributed by atoms with Gasteiger partial charge in [0.2, 0.25) is 4.77 Å². The second-order valence-electron chi connectivity index (χ2n) is 4.25. The summed E-state index contributed by atoms with van der Waals surface area (Å²) in [4.78, 5) is 4.06. The van der Waals surface area contributed by atoms with Crippen LogP contribution in [0.3, 0.4) is 0 Å². The van der Waals surface area contributed by atoms with Gasteiger partial charge < -0.3 is 5.11 Å². The lowest BCUT2D eigenvalue weighted by atomic mass is 10.2. The predicted molar refractivity (Wildman–Crippen MR) is 81.7 cm³/mol. The van der Waals surface area contributed by atoms with Gasteiger partial charge in [0.15, 0.2) is 5.82 Å². The second kappa shape index (κ2) is 5.68. The zero-order chi connectivity index (χ0) is 14.7. The van der Waals surface area contributed by atoms with Crippen LogP contribution in [0.4, 0.5) is 0 Å². The summed E-state index contributed by atoms with van der Waals surface area (Å²) in [5.74, 6) is 0.756. The van der Waals surface area contributed by atoms with Crippen molar-refractivity contribution in [1.29, 1.82) is 0 Å². The lowest BCUT2D eigenvalue weighted by Gasteiger charge is -2.00. The molecule has 104 valence electrons. The average molecular weight is 297 g/mol. The lowest BCUT2D eigenvalue weighted by molar-refractivity contribution is 0.475. The number of aromatic nitrogens is 4. The first-order valence-corrected chi connectivity index (χ1v) is 6.56. The van der Waals surface area contributed by atoms with Gasteiger partial charge in [-0.2, -0.15) is 14.9 Å². The van der Waals surface area contributed by atoms with Crippen LogP contribution in [0, 0.1) is 4.77 Å². The van der Waals surface area contributed by atoms with Crippen LogP contribution in [0.1, 0.15) is 5.56 Å². The summed E-state index contributed by atoms with van der Waals surface area (Å²) in [6.07, 6.45) is 4.97. The summed E-state index contributed by atoms with van der Waals surface area (Å²) in [5.41, 5.74) is 1.56. The van der Waals surface area contributed by atoms with Gasteiger partial charge in [0.05, 0.1) is 6.21 Å². The molecule has 0 amide bonds. The Morgan fingerprint density at radius 2 is 2.19 bits per heavy atom. The van der Waals surface area contributed by atoms with E-state index >= 15 is 0 Å². The molecule has 3 aromatic rings. The maximum absolute atomic E-state index is 9.44. The van der Waals surface area contributed by atoms with Crippen molar-refractivity contribution < 1.29 is 5.11 Å². The van der Waals surface area contributed by atoms with Crippen molar-refractivity contribution in [3.05, 3.63) is 59.1 Å². The summed E-state index contributed by atoms with van der Waals surface area (Å²) < 4.78 is 1.89. The topological polar surface area (TPSA) is 79.1 Å².